The molecule has 0 spiro atoms. The summed E-state index contributed by atoms with van der Waals surface area (Å²) >= 11 is 2.94. The van der Waals surface area contributed by atoms with Gasteiger partial charge in [-0.3, -0.25) is 0 Å². The lowest BCUT2D eigenvalue weighted by Gasteiger charge is -2.10. The van der Waals surface area contributed by atoms with E-state index in [1.807, 2.05) is 0 Å². The maximum Gasteiger partial charge on any atom is 0.164 e. The van der Waals surface area contributed by atoms with Gasteiger partial charge in [-0.1, -0.05) is 28.1 Å². The summed E-state index contributed by atoms with van der Waals surface area (Å²) in [5.41, 5.74) is 0.416. The maximum atomic E-state index is 7.54. The van der Waals surface area contributed by atoms with Gasteiger partial charge in [0.05, 0.1) is 14.2 Å². The number of ether oxygens (including phenoxy) is 2. The molecule has 0 radical (unpaired) electrons. The summed E-state index contributed by atoms with van der Waals surface area (Å²) in [5, 5.41) is -1.62. The first-order valence-electron chi connectivity index (χ1n) is 4.41. The summed E-state index contributed by atoms with van der Waals surface area (Å²) in [5.74, 6) is 0.935. The second-order valence-electron chi connectivity index (χ2n) is 2.14. The van der Waals surface area contributed by atoms with Crippen molar-refractivity contribution in [2.45, 2.75) is 5.28 Å². The second kappa shape index (κ2) is 4.36. The third-order valence-electron chi connectivity index (χ3n) is 1.50. The minimum absolute atomic E-state index is 0.414. The first kappa shape index (κ1) is 6.78. The van der Waals surface area contributed by atoms with Gasteiger partial charge in [0, 0.05) is 13.6 Å². The monoisotopic (exact) mass is 232 g/mol. The van der Waals surface area contributed by atoms with E-state index in [0.717, 1.165) is 0 Å². The summed E-state index contributed by atoms with van der Waals surface area (Å²) in [6.45, 7) is 0. The number of alkyl halides is 1. The van der Waals surface area contributed by atoms with E-state index in [4.69, 9.17) is 12.2 Å². The molecule has 0 aliphatic rings. The van der Waals surface area contributed by atoms with E-state index in [-0.39, 0.29) is 0 Å². The smallest absolute Gasteiger partial charge is 0.164 e. The molecule has 66 valence electrons. The van der Waals surface area contributed by atoms with Crippen LogP contribution >= 0.6 is 15.9 Å². The average molecular weight is 233 g/mol. The fourth-order valence-corrected chi connectivity index (χ4v) is 1.27. The van der Waals surface area contributed by atoms with E-state index in [0.29, 0.717) is 17.1 Å². The van der Waals surface area contributed by atoms with Gasteiger partial charge in [-0.05, 0) is 6.07 Å². The summed E-state index contributed by atoms with van der Waals surface area (Å²) < 4.78 is 25.2. The number of methoxy groups -OCH3 is 2. The van der Waals surface area contributed by atoms with Gasteiger partial charge in [0.1, 0.15) is 0 Å². The summed E-state index contributed by atoms with van der Waals surface area (Å²) in [6, 6.07) is 5.09. The Kier molecular flexibility index (Phi) is 2.46. The van der Waals surface area contributed by atoms with E-state index < -0.39 is 5.28 Å². The van der Waals surface area contributed by atoms with Crippen molar-refractivity contribution in [3.63, 3.8) is 0 Å². The van der Waals surface area contributed by atoms with Crippen molar-refractivity contribution >= 4 is 15.9 Å². The zero-order valence-electron chi connectivity index (χ0n) is 8.93. The largest absolute Gasteiger partial charge is 0.493 e. The molecule has 0 heterocycles. The van der Waals surface area contributed by atoms with E-state index in [1.54, 1.807) is 18.2 Å². The third kappa shape index (κ3) is 1.72. The van der Waals surface area contributed by atoms with Crippen molar-refractivity contribution in [3.05, 3.63) is 23.8 Å². The van der Waals surface area contributed by atoms with Gasteiger partial charge < -0.3 is 9.47 Å². The Morgan fingerprint density at radius 1 is 1.42 bits per heavy atom. The van der Waals surface area contributed by atoms with Gasteiger partial charge in [0.25, 0.3) is 0 Å². The van der Waals surface area contributed by atoms with Gasteiger partial charge in [-0.2, -0.15) is 0 Å². The summed E-state index contributed by atoms with van der Waals surface area (Å²) in [7, 11) is 3.01. The molecule has 0 unspecified atom stereocenters. The van der Waals surface area contributed by atoms with Crippen LogP contribution in [0.4, 0.5) is 0 Å². The van der Waals surface area contributed by atoms with Crippen LogP contribution in [0.5, 0.6) is 11.5 Å². The molecular weight excluding hydrogens is 220 g/mol. The van der Waals surface area contributed by atoms with Crippen LogP contribution < -0.4 is 9.47 Å². The standard InChI is InChI=1S/C9H11BrO2/c1-11-8-5-3-4-7(6-10)9(8)12-2/h3-5H,6H2,1-2H3/i6D2. The minimum atomic E-state index is -1.62. The Bertz CT molecular complexity index is 323. The molecule has 0 N–H and O–H groups in total. The number of halogens is 1. The number of rotatable bonds is 3. The second-order valence-corrected chi connectivity index (χ2v) is 2.53. The molecule has 0 saturated heterocycles. The van der Waals surface area contributed by atoms with Crippen LogP contribution in [-0.2, 0) is 5.28 Å². The highest BCUT2D eigenvalue weighted by Gasteiger charge is 2.06. The van der Waals surface area contributed by atoms with E-state index >= 15 is 0 Å². The maximum absolute atomic E-state index is 7.54. The van der Waals surface area contributed by atoms with Crippen LogP contribution in [0, 0.1) is 0 Å². The minimum Gasteiger partial charge on any atom is -0.493 e. The summed E-state index contributed by atoms with van der Waals surface area (Å²) in [4.78, 5) is 0. The van der Waals surface area contributed by atoms with Crippen LogP contribution in [0.1, 0.15) is 8.30 Å². The molecule has 0 fully saturated rings. The van der Waals surface area contributed by atoms with Gasteiger partial charge in [0.15, 0.2) is 11.5 Å². The molecule has 0 atom stereocenters. The first-order chi connectivity index (χ1) is 6.50. The van der Waals surface area contributed by atoms with Crippen molar-refractivity contribution in [3.8, 4) is 11.5 Å². The molecule has 1 aromatic rings. The van der Waals surface area contributed by atoms with Crippen LogP contribution in [0.15, 0.2) is 18.2 Å². The topological polar surface area (TPSA) is 18.5 Å². The molecule has 0 aliphatic heterocycles. The number of hydrogen-bond acceptors (Lipinski definition) is 2. The molecule has 3 heteroatoms. The fraction of sp³-hybridized carbons (Fsp3) is 0.333. The van der Waals surface area contributed by atoms with Gasteiger partial charge in [-0.25, -0.2) is 0 Å². The highest BCUT2D eigenvalue weighted by molar-refractivity contribution is 9.08. The molecule has 0 saturated carbocycles. The SMILES string of the molecule is [2H]C([2H])(Br)c1cccc(OC)c1OC. The van der Waals surface area contributed by atoms with Gasteiger partial charge in [0.2, 0.25) is 0 Å². The van der Waals surface area contributed by atoms with Gasteiger partial charge >= 0.3 is 0 Å². The summed E-state index contributed by atoms with van der Waals surface area (Å²) in [6.07, 6.45) is 0. The first-order valence-corrected chi connectivity index (χ1v) is 4.20. The van der Waals surface area contributed by atoms with E-state index in [2.05, 4.69) is 15.9 Å². The fourth-order valence-electron chi connectivity index (χ4n) is 0.962. The molecule has 1 aromatic carbocycles. The zero-order chi connectivity index (χ0) is 10.8. The Labute approximate surface area is 83.4 Å². The number of benzene rings is 1. The normalized spacial score (nSPS) is 13.2. The average Bonchev–Trinajstić information content (AvgIpc) is 2.15. The van der Waals surface area contributed by atoms with Crippen LogP contribution in [0.2, 0.25) is 0 Å². The molecule has 12 heavy (non-hydrogen) atoms. The Hall–Kier alpha value is -0.700. The lowest BCUT2D eigenvalue weighted by molar-refractivity contribution is 0.353. The van der Waals surface area contributed by atoms with E-state index in [1.165, 1.54) is 14.2 Å². The van der Waals surface area contributed by atoms with Crippen molar-refractivity contribution in [1.82, 2.24) is 0 Å². The lowest BCUT2D eigenvalue weighted by atomic mass is 10.2. The Balaban J connectivity index is 3.29. The third-order valence-corrected chi connectivity index (χ3v) is 1.93. The van der Waals surface area contributed by atoms with Crippen molar-refractivity contribution in [2.75, 3.05) is 14.2 Å². The van der Waals surface area contributed by atoms with E-state index in [9.17, 15) is 0 Å². The van der Waals surface area contributed by atoms with Crippen LogP contribution in [0.25, 0.3) is 0 Å². The molecule has 1 rings (SSSR count). The molecule has 2 nitrogen and oxygen atoms in total. The molecular formula is C9H11BrO2. The zero-order valence-corrected chi connectivity index (χ0v) is 8.51. The Morgan fingerprint density at radius 3 is 2.67 bits per heavy atom. The van der Waals surface area contributed by atoms with Crippen molar-refractivity contribution in [1.29, 1.82) is 0 Å². The quantitative estimate of drug-likeness (QED) is 0.747. The molecule has 0 bridgehead atoms. The highest BCUT2D eigenvalue weighted by atomic mass is 79.9. The lowest BCUT2D eigenvalue weighted by Crippen LogP contribution is -1.93. The van der Waals surface area contributed by atoms with Crippen molar-refractivity contribution < 1.29 is 12.2 Å². The molecule has 0 aliphatic carbocycles. The predicted octanol–water partition coefficient (Wildman–Crippen LogP) is 2.60. The Morgan fingerprint density at radius 2 is 2.17 bits per heavy atom. The van der Waals surface area contributed by atoms with Crippen LogP contribution in [-0.4, -0.2) is 14.2 Å². The highest BCUT2D eigenvalue weighted by Crippen LogP contribution is 2.31. The van der Waals surface area contributed by atoms with Crippen LogP contribution in [0.3, 0.4) is 0 Å². The predicted molar refractivity (Wildman–Crippen MR) is 52.2 cm³/mol. The van der Waals surface area contributed by atoms with Crippen molar-refractivity contribution in [2.24, 2.45) is 0 Å². The molecule has 0 aromatic heterocycles. The number of para-hydroxylation sites is 1. The van der Waals surface area contributed by atoms with Gasteiger partial charge in [-0.15, -0.1) is 0 Å². The number of hydrogen-bond donors (Lipinski definition) is 0. The molecule has 0 amide bonds.